The molecule has 6 fully saturated rings. The summed E-state index contributed by atoms with van der Waals surface area (Å²) in [6.45, 7) is 25.0. The predicted octanol–water partition coefficient (Wildman–Crippen LogP) is 17.8. The number of rotatable bonds is 6. The number of aromatic nitrogens is 3. The number of ether oxygens (including phenoxy) is 9. The number of hydrogen-bond acceptors (Lipinski definition) is 21. The van der Waals surface area contributed by atoms with Crippen LogP contribution in [0.2, 0.25) is 0 Å². The van der Waals surface area contributed by atoms with Gasteiger partial charge in [0.25, 0.3) is 17.8 Å². The zero-order valence-electron chi connectivity index (χ0n) is 79.9. The fourth-order valence-corrected chi connectivity index (χ4v) is 20.1. The first kappa shape index (κ1) is 108. The van der Waals surface area contributed by atoms with Crippen molar-refractivity contribution in [1.29, 1.82) is 0 Å². The number of methoxy groups -OCH3 is 3. The molecule has 6 amide bonds. The van der Waals surface area contributed by atoms with Crippen LogP contribution in [0.15, 0.2) is 72.8 Å². The van der Waals surface area contributed by atoms with Gasteiger partial charge in [-0.05, 0) is 216 Å². The number of nitrogens with one attached hydrogen (secondary N) is 3. The molecule has 3 radical (unpaired) electrons. The van der Waals surface area contributed by atoms with Crippen LogP contribution in [0.25, 0.3) is 32.7 Å². The summed E-state index contributed by atoms with van der Waals surface area (Å²) < 4.78 is 148. The smallest absolute Gasteiger partial charge is 0.408 e. The van der Waals surface area contributed by atoms with Crippen LogP contribution in [0.1, 0.15) is 236 Å². The minimum Gasteiger partial charge on any atom is -0.540 e. The predicted molar refractivity (Wildman–Crippen MR) is 478 cm³/mol. The molecule has 3 aromatic carbocycles. The zero-order chi connectivity index (χ0) is 95.9. The van der Waals surface area contributed by atoms with E-state index >= 15 is 26.3 Å². The van der Waals surface area contributed by atoms with E-state index in [1.54, 1.807) is 96.1 Å². The monoisotopic (exact) mass is 2000 g/mol. The Labute approximate surface area is 821 Å². The van der Waals surface area contributed by atoms with E-state index in [9.17, 15) is 43.2 Å². The molecule has 6 bridgehead atoms. The van der Waals surface area contributed by atoms with Crippen LogP contribution in [-0.2, 0) is 116 Å². The first-order valence-corrected chi connectivity index (χ1v) is 46.3. The fraction of sp³-hybridized carbons (Fsp3) is 0.636. The third-order valence-corrected chi connectivity index (χ3v) is 28.4. The standard InChI is InChI=1S/C34H44F2N3O6.C33H42F2N3O6.C32H40F2N3O6.3V/c1-20-25(19-40)39-18-27(20)44-26-17-21-16-23(43-6)12-13-24(21)37-28(26)34(35,36)15-8-7-10-22-11-9-14-33(22,5)45-31(42)38-29(30(39)41)32(2,3)4;1-19-24(18-39)38-17-27(19)43-26-16-21-15-22(42-5)12-13-23(21)36-28(26)33(34,35)14-7-6-9-20-10-8-11-25(20)44-31(41)37-29(30(38)40)32(2,3)4;1-18-23(17-38)37-16-25(18)42-24-14-19-13-21(41-6)10-11-22(19)35-26(24)32(33,34)12-8-7-9-20-15-31(20,5)43-29(40)36-27(28(37)39)30(2,3)4;;;/h12-13,16-17,20,22,25,27,29H,7-11,14-15,18H2,1-6H3,(H,38,42);12-13,15-16,19-20,24-25,27,29H,6-11,14,17H2,1-5H3,(H,37,41);10-11,13-14,18,20,23,25,27H,7-9,12,15-16H2,1-6H3,(H,36,40);;;/q3*-1;;;/t20-,22+,25+,27-,29+,33+;19-,20+,24+,25+,27-,29+;18-,20+,23+,25-,27+,31+;;;/m000.../s1. The van der Waals surface area contributed by atoms with Gasteiger partial charge >= 0.3 is 18.3 Å². The maximum absolute atomic E-state index is 16.1. The van der Waals surface area contributed by atoms with Gasteiger partial charge in [0.15, 0.2) is 17.1 Å². The molecule has 0 unspecified atom stereocenters. The molecule has 36 heteroatoms. The SMILES string of the molecule is COc1ccc2nc3c(cc2c1)O[C@H]1CN(C(=O)[C@H](C(C)(C)C)NC(=O)O[C@@H]2CCC[C@H]2CCCCC3(F)F)[C@H]([C-]=O)[C@@H]1C.COc1ccc2nc3c(cc2c1)O[C@H]1CN(C(=O)[C@H](C(C)(C)C)NC(=O)O[C@]2(C)CCC[C@H]2CCCCC3(F)F)[C@H]([C-]=O)[C@@H]1C.COc1ccc2nc3c(cc2c1)O[C@H]1CN(C(=O)[C@H](C(C)(C)C)NC(=O)O[C@]2(C)C[C@H]2CCCCC3(F)F)[C@H]([C-]=O)[C@@H]1C.[V].[V].[V]. The molecule has 3 aliphatic carbocycles. The van der Waals surface area contributed by atoms with Gasteiger partial charge in [0.1, 0.15) is 88.2 Å². The van der Waals surface area contributed by atoms with E-state index in [4.69, 9.17) is 42.6 Å². The molecule has 3 saturated carbocycles. The van der Waals surface area contributed by atoms with Gasteiger partial charge in [-0.15, -0.1) is 0 Å². The topological polar surface area (TPSA) is 321 Å². The summed E-state index contributed by atoms with van der Waals surface area (Å²) in [7, 11) is 4.55. The molecule has 0 spiro atoms. The molecule has 9 aliphatic rings. The van der Waals surface area contributed by atoms with Crippen molar-refractivity contribution in [2.75, 3.05) is 41.0 Å². The van der Waals surface area contributed by atoms with Crippen LogP contribution >= 0.6 is 0 Å². The quantitative estimate of drug-likeness (QED) is 0.0792. The summed E-state index contributed by atoms with van der Waals surface area (Å²) in [5, 5.41) is 10.00. The van der Waals surface area contributed by atoms with Gasteiger partial charge in [0, 0.05) is 97.0 Å². The molecular weight excluding hydrogens is 1870 g/mol. The number of alkyl carbamates (subject to hydrolysis) is 3. The van der Waals surface area contributed by atoms with Gasteiger partial charge in [-0.1, -0.05) is 120 Å². The molecule has 3 saturated heterocycles. The fourth-order valence-electron chi connectivity index (χ4n) is 20.1. The number of amides is 6. The van der Waals surface area contributed by atoms with Crippen molar-refractivity contribution in [1.82, 2.24) is 45.6 Å². The number of carbonyl (C=O) groups is 6. The number of hydrogen-bond donors (Lipinski definition) is 3. The van der Waals surface area contributed by atoms with E-state index in [1.807, 2.05) is 74.2 Å². The third-order valence-electron chi connectivity index (χ3n) is 28.4. The van der Waals surface area contributed by atoms with Gasteiger partial charge < -0.3 is 87.7 Å². The number of fused-ring (bicyclic) bond motifs is 15. The number of benzene rings is 3. The molecule has 27 nitrogen and oxygen atoms in total. The summed E-state index contributed by atoms with van der Waals surface area (Å²) in [5.41, 5.74) is -4.00. The summed E-state index contributed by atoms with van der Waals surface area (Å²) in [5.74, 6) is -11.7. The van der Waals surface area contributed by atoms with E-state index in [1.165, 1.54) is 54.2 Å². The maximum Gasteiger partial charge on any atom is 0.408 e. The molecule has 15 rings (SSSR count). The maximum atomic E-state index is 16.1. The molecule has 735 valence electrons. The Morgan fingerprint density at radius 3 is 1.05 bits per heavy atom. The second kappa shape index (κ2) is 43.3. The number of halogens is 6. The first-order valence-electron chi connectivity index (χ1n) is 46.3. The van der Waals surface area contributed by atoms with Crippen molar-refractivity contribution >= 4 is 87.6 Å². The largest absolute Gasteiger partial charge is 0.540 e. The van der Waals surface area contributed by atoms with Crippen molar-refractivity contribution in [2.45, 2.75) is 309 Å². The van der Waals surface area contributed by atoms with Gasteiger partial charge in [0.2, 0.25) is 17.7 Å². The summed E-state index contributed by atoms with van der Waals surface area (Å²) >= 11 is 0. The first-order chi connectivity index (χ1) is 62.1. The Morgan fingerprint density at radius 1 is 0.393 bits per heavy atom. The van der Waals surface area contributed by atoms with Crippen molar-refractivity contribution in [2.24, 2.45) is 51.8 Å². The Kier molecular flexibility index (Phi) is 34.8. The Balaban J connectivity index is 0.000000207. The van der Waals surface area contributed by atoms with Crippen LogP contribution in [0.3, 0.4) is 0 Å². The Morgan fingerprint density at radius 2 is 0.711 bits per heavy atom. The average Bonchev–Trinajstić information content (AvgIpc) is 1.70. The normalized spacial score (nSPS) is 30.1. The minimum atomic E-state index is -3.31. The summed E-state index contributed by atoms with van der Waals surface area (Å²) in [4.78, 5) is 135. The molecule has 6 aromatic rings. The number of alkyl halides is 6. The molecule has 3 aromatic heterocycles. The molecule has 9 heterocycles. The number of pyridine rings is 3. The van der Waals surface area contributed by atoms with Gasteiger partial charge in [-0.25, -0.2) is 48.2 Å². The van der Waals surface area contributed by atoms with Crippen LogP contribution in [-0.4, -0.2) is 197 Å². The molecule has 3 N–H and O–H groups in total. The molecule has 18 atom stereocenters. The van der Waals surface area contributed by atoms with Crippen molar-refractivity contribution in [3.05, 3.63) is 89.9 Å². The summed E-state index contributed by atoms with van der Waals surface area (Å²) in [6, 6.07) is 13.5. The second-order valence-electron chi connectivity index (χ2n) is 41.1. The second-order valence-corrected chi connectivity index (χ2v) is 41.1. The minimum absolute atomic E-state index is 0. The van der Waals surface area contributed by atoms with Gasteiger partial charge in [-0.2, -0.15) is 26.3 Å². The Hall–Kier alpha value is -8.75. The zero-order valence-corrected chi connectivity index (χ0v) is 84.1. The van der Waals surface area contributed by atoms with Gasteiger partial charge in [0.05, 0.1) is 57.5 Å². The van der Waals surface area contributed by atoms with E-state index < -0.39 is 190 Å². The average molecular weight is 2000 g/mol. The van der Waals surface area contributed by atoms with Crippen LogP contribution < -0.4 is 44.4 Å². The number of carbonyl (C=O) groups excluding carboxylic acids is 9. The van der Waals surface area contributed by atoms with Crippen molar-refractivity contribution in [3.8, 4) is 34.5 Å². The van der Waals surface area contributed by atoms with Crippen molar-refractivity contribution < 1.29 is 168 Å². The van der Waals surface area contributed by atoms with Crippen LogP contribution in [0.4, 0.5) is 40.7 Å². The molecular formula is C99H126F6N9O18V3-3. The van der Waals surface area contributed by atoms with E-state index in [-0.39, 0.29) is 136 Å². The molecule has 135 heavy (non-hydrogen) atoms. The van der Waals surface area contributed by atoms with Crippen LogP contribution in [0, 0.1) is 51.8 Å². The molecule has 6 aliphatic heterocycles. The van der Waals surface area contributed by atoms with E-state index in [0.29, 0.717) is 108 Å². The number of nitrogens with zero attached hydrogens (tertiary/aromatic N) is 6. The van der Waals surface area contributed by atoms with E-state index in [2.05, 4.69) is 30.9 Å². The third kappa shape index (κ3) is 24.2. The van der Waals surface area contributed by atoms with E-state index in [0.717, 1.165) is 25.7 Å². The van der Waals surface area contributed by atoms with Gasteiger partial charge in [-0.3, -0.25) is 14.4 Å². The van der Waals surface area contributed by atoms with Crippen molar-refractivity contribution in [3.63, 3.8) is 0 Å². The summed E-state index contributed by atoms with van der Waals surface area (Å²) in [6.07, 6.45) is 9.18. The Bertz CT molecular complexity index is 5280. The van der Waals surface area contributed by atoms with Crippen LogP contribution in [0.5, 0.6) is 34.5 Å².